The summed E-state index contributed by atoms with van der Waals surface area (Å²) in [6.07, 6.45) is 1.88. The Bertz CT molecular complexity index is 616. The normalized spacial score (nSPS) is 25.7. The van der Waals surface area contributed by atoms with Crippen molar-refractivity contribution in [1.82, 2.24) is 9.80 Å². The number of hydrogen-bond donors (Lipinski definition) is 1. The van der Waals surface area contributed by atoms with E-state index in [-0.39, 0.29) is 19.1 Å². The molecule has 1 aromatic rings. The van der Waals surface area contributed by atoms with E-state index in [1.54, 1.807) is 6.92 Å². The van der Waals surface area contributed by atoms with E-state index in [2.05, 4.69) is 4.90 Å². The molecular weight excluding hydrogens is 332 g/mol. The van der Waals surface area contributed by atoms with Gasteiger partial charge in [0, 0.05) is 39.1 Å². The molecule has 26 heavy (non-hydrogen) atoms. The Morgan fingerprint density at radius 3 is 2.81 bits per heavy atom. The second-order valence-electron chi connectivity index (χ2n) is 7.59. The van der Waals surface area contributed by atoms with E-state index in [4.69, 9.17) is 9.47 Å². The van der Waals surface area contributed by atoms with Crippen LogP contribution in [0.15, 0.2) is 24.3 Å². The molecule has 1 amide bonds. The highest BCUT2D eigenvalue weighted by atomic mass is 16.5. The lowest BCUT2D eigenvalue weighted by molar-refractivity contribution is -0.130. The SMILES string of the molecule is CC(=O)N1CCC(N2CCOC[C@@](O)(COc3cccc(C)c3)C2)CC1. The second-order valence-corrected chi connectivity index (χ2v) is 7.59. The zero-order chi connectivity index (χ0) is 18.6. The molecular formula is C20H30N2O4. The second kappa shape index (κ2) is 8.37. The summed E-state index contributed by atoms with van der Waals surface area (Å²) in [5.41, 5.74) is 0.100. The number of benzene rings is 1. The van der Waals surface area contributed by atoms with Gasteiger partial charge in [-0.25, -0.2) is 0 Å². The van der Waals surface area contributed by atoms with Crippen molar-refractivity contribution >= 4 is 5.91 Å². The number of nitrogens with zero attached hydrogens (tertiary/aromatic N) is 2. The Balaban J connectivity index is 1.58. The summed E-state index contributed by atoms with van der Waals surface area (Å²) in [5, 5.41) is 11.1. The summed E-state index contributed by atoms with van der Waals surface area (Å²) in [5.74, 6) is 0.912. The quantitative estimate of drug-likeness (QED) is 0.878. The van der Waals surface area contributed by atoms with Crippen molar-refractivity contribution in [2.24, 2.45) is 0 Å². The monoisotopic (exact) mass is 362 g/mol. The van der Waals surface area contributed by atoms with Gasteiger partial charge in [0.15, 0.2) is 0 Å². The van der Waals surface area contributed by atoms with Gasteiger partial charge in [-0.1, -0.05) is 12.1 Å². The number of aryl methyl sites for hydroxylation is 1. The Hall–Kier alpha value is -1.63. The number of aliphatic hydroxyl groups is 1. The van der Waals surface area contributed by atoms with Crippen LogP contribution in [0.5, 0.6) is 5.75 Å². The zero-order valence-electron chi connectivity index (χ0n) is 15.8. The molecule has 0 radical (unpaired) electrons. The van der Waals surface area contributed by atoms with Crippen LogP contribution in [0, 0.1) is 6.92 Å². The van der Waals surface area contributed by atoms with E-state index in [0.29, 0.717) is 19.2 Å². The first-order valence-corrected chi connectivity index (χ1v) is 9.44. The third-order valence-electron chi connectivity index (χ3n) is 5.31. The number of carbonyl (C=O) groups excluding carboxylic acids is 1. The number of piperidine rings is 1. The van der Waals surface area contributed by atoms with E-state index < -0.39 is 5.60 Å². The molecule has 144 valence electrons. The Labute approximate surface area is 155 Å². The standard InChI is InChI=1S/C20H30N2O4/c1-16-4-3-5-19(12-16)26-15-20(24)13-22(10-11-25-14-20)18-6-8-21(9-7-18)17(2)23/h3-5,12,18,24H,6-11,13-15H2,1-2H3/t20-/m1/s1. The van der Waals surface area contributed by atoms with Gasteiger partial charge in [-0.05, 0) is 37.5 Å². The first kappa shape index (κ1) is 19.1. The average Bonchev–Trinajstić information content (AvgIpc) is 2.83. The van der Waals surface area contributed by atoms with Crippen molar-refractivity contribution in [2.75, 3.05) is 46.0 Å². The smallest absolute Gasteiger partial charge is 0.219 e. The highest BCUT2D eigenvalue weighted by Gasteiger charge is 2.37. The minimum atomic E-state index is -1.03. The number of ether oxygens (including phenoxy) is 2. The van der Waals surface area contributed by atoms with E-state index in [1.165, 1.54) is 0 Å². The summed E-state index contributed by atoms with van der Waals surface area (Å²) >= 11 is 0. The number of hydrogen-bond acceptors (Lipinski definition) is 5. The summed E-state index contributed by atoms with van der Waals surface area (Å²) in [6, 6.07) is 8.22. The van der Waals surface area contributed by atoms with Gasteiger partial charge in [0.2, 0.25) is 5.91 Å². The van der Waals surface area contributed by atoms with E-state index in [0.717, 1.165) is 43.8 Å². The minimum Gasteiger partial charge on any atom is -0.490 e. The van der Waals surface area contributed by atoms with Gasteiger partial charge in [-0.3, -0.25) is 9.69 Å². The topological polar surface area (TPSA) is 62.2 Å². The van der Waals surface area contributed by atoms with Crippen LogP contribution in [0.2, 0.25) is 0 Å². The summed E-state index contributed by atoms with van der Waals surface area (Å²) in [6.45, 7) is 7.65. The number of amides is 1. The molecule has 1 aromatic carbocycles. The number of β-amino-alcohol motifs (C(OH)–C–C–N with tert-alkyl or cyclic N) is 1. The van der Waals surface area contributed by atoms with Crippen LogP contribution in [0.4, 0.5) is 0 Å². The molecule has 3 rings (SSSR count). The van der Waals surface area contributed by atoms with Crippen molar-refractivity contribution in [2.45, 2.75) is 38.3 Å². The lowest BCUT2D eigenvalue weighted by Gasteiger charge is -2.40. The van der Waals surface area contributed by atoms with Crippen molar-refractivity contribution in [3.63, 3.8) is 0 Å². The fraction of sp³-hybridized carbons (Fsp3) is 0.650. The number of rotatable bonds is 4. The summed E-state index contributed by atoms with van der Waals surface area (Å²) in [4.78, 5) is 15.7. The third-order valence-corrected chi connectivity index (χ3v) is 5.31. The molecule has 2 fully saturated rings. The predicted octanol–water partition coefficient (Wildman–Crippen LogP) is 1.45. The molecule has 0 spiro atoms. The molecule has 0 aliphatic carbocycles. The maximum absolute atomic E-state index is 11.5. The van der Waals surface area contributed by atoms with E-state index >= 15 is 0 Å². The molecule has 6 nitrogen and oxygen atoms in total. The highest BCUT2D eigenvalue weighted by Crippen LogP contribution is 2.23. The van der Waals surface area contributed by atoms with Gasteiger partial charge < -0.3 is 19.5 Å². The minimum absolute atomic E-state index is 0.144. The Morgan fingerprint density at radius 1 is 1.35 bits per heavy atom. The largest absolute Gasteiger partial charge is 0.490 e. The Morgan fingerprint density at radius 2 is 2.12 bits per heavy atom. The molecule has 2 aliphatic rings. The average molecular weight is 362 g/mol. The molecule has 1 atom stereocenters. The summed E-state index contributed by atoms with van der Waals surface area (Å²) in [7, 11) is 0. The summed E-state index contributed by atoms with van der Waals surface area (Å²) < 4.78 is 11.5. The maximum Gasteiger partial charge on any atom is 0.219 e. The molecule has 6 heteroatoms. The zero-order valence-corrected chi connectivity index (χ0v) is 15.8. The van der Waals surface area contributed by atoms with Gasteiger partial charge in [0.1, 0.15) is 18.0 Å². The van der Waals surface area contributed by atoms with Crippen LogP contribution in [0.3, 0.4) is 0 Å². The van der Waals surface area contributed by atoms with Crippen molar-refractivity contribution < 1.29 is 19.4 Å². The van der Waals surface area contributed by atoms with Crippen LogP contribution in [-0.4, -0.2) is 78.5 Å². The molecule has 0 aromatic heterocycles. The van der Waals surface area contributed by atoms with Gasteiger partial charge >= 0.3 is 0 Å². The van der Waals surface area contributed by atoms with Gasteiger partial charge in [0.25, 0.3) is 0 Å². The van der Waals surface area contributed by atoms with Gasteiger partial charge in [0.05, 0.1) is 13.2 Å². The van der Waals surface area contributed by atoms with Crippen LogP contribution in [0.1, 0.15) is 25.3 Å². The lowest BCUT2D eigenvalue weighted by Crippen LogP contribution is -2.53. The van der Waals surface area contributed by atoms with Crippen LogP contribution >= 0.6 is 0 Å². The Kier molecular flexibility index (Phi) is 6.16. The molecule has 0 bridgehead atoms. The van der Waals surface area contributed by atoms with E-state index in [9.17, 15) is 9.90 Å². The van der Waals surface area contributed by atoms with Crippen LogP contribution in [-0.2, 0) is 9.53 Å². The van der Waals surface area contributed by atoms with Crippen LogP contribution < -0.4 is 4.74 Å². The predicted molar refractivity (Wildman–Crippen MR) is 99.3 cm³/mol. The molecule has 2 saturated heterocycles. The van der Waals surface area contributed by atoms with Crippen molar-refractivity contribution in [1.29, 1.82) is 0 Å². The number of carbonyl (C=O) groups is 1. The third kappa shape index (κ3) is 4.96. The fourth-order valence-corrected chi connectivity index (χ4v) is 3.81. The maximum atomic E-state index is 11.5. The molecule has 0 saturated carbocycles. The molecule has 0 unspecified atom stereocenters. The van der Waals surface area contributed by atoms with Gasteiger partial charge in [-0.2, -0.15) is 0 Å². The van der Waals surface area contributed by atoms with E-state index in [1.807, 2.05) is 36.1 Å². The first-order chi connectivity index (χ1) is 12.5. The molecule has 2 heterocycles. The lowest BCUT2D eigenvalue weighted by atomic mass is 9.99. The van der Waals surface area contributed by atoms with Gasteiger partial charge in [-0.15, -0.1) is 0 Å². The van der Waals surface area contributed by atoms with Crippen molar-refractivity contribution in [3.05, 3.63) is 29.8 Å². The molecule has 1 N–H and O–H groups in total. The first-order valence-electron chi connectivity index (χ1n) is 9.44. The number of likely N-dealkylation sites (tertiary alicyclic amines) is 1. The van der Waals surface area contributed by atoms with Crippen LogP contribution in [0.25, 0.3) is 0 Å². The molecule has 2 aliphatic heterocycles. The highest BCUT2D eigenvalue weighted by molar-refractivity contribution is 5.73. The fourth-order valence-electron chi connectivity index (χ4n) is 3.81. The van der Waals surface area contributed by atoms with Crippen molar-refractivity contribution in [3.8, 4) is 5.75 Å².